The summed E-state index contributed by atoms with van der Waals surface area (Å²) in [5, 5.41) is 5.02. The van der Waals surface area contributed by atoms with Crippen molar-refractivity contribution in [1.82, 2.24) is 19.7 Å². The molecule has 1 fully saturated rings. The van der Waals surface area contributed by atoms with Crippen LogP contribution in [0.15, 0.2) is 29.3 Å². The Balaban J connectivity index is 1.71. The summed E-state index contributed by atoms with van der Waals surface area (Å²) in [5.74, 6) is 0.126. The number of sulfone groups is 1. The van der Waals surface area contributed by atoms with Gasteiger partial charge in [-0.2, -0.15) is 5.10 Å². The first kappa shape index (κ1) is 22.0. The molecule has 0 N–H and O–H groups in total. The molecule has 0 unspecified atom stereocenters. The molecule has 29 heavy (non-hydrogen) atoms. The third-order valence-corrected chi connectivity index (χ3v) is 6.89. The molecule has 0 radical (unpaired) electrons. The van der Waals surface area contributed by atoms with Gasteiger partial charge in [-0.15, -0.1) is 0 Å². The van der Waals surface area contributed by atoms with Gasteiger partial charge < -0.3 is 0 Å². The molecule has 0 aliphatic carbocycles. The van der Waals surface area contributed by atoms with Crippen LogP contribution < -0.4 is 0 Å². The van der Waals surface area contributed by atoms with Crippen molar-refractivity contribution in [1.29, 1.82) is 0 Å². The van der Waals surface area contributed by atoms with E-state index in [1.54, 1.807) is 6.20 Å². The van der Waals surface area contributed by atoms with Crippen molar-refractivity contribution in [2.24, 2.45) is 0 Å². The SMILES string of the molecule is C=C(C)Cn1nc(C)c(CN2CCC(c3ncc(Cl)cc3S(C)(=O)=O)CC2)c1C. The van der Waals surface area contributed by atoms with Crippen LogP contribution >= 0.6 is 11.6 Å². The molecule has 3 heterocycles. The van der Waals surface area contributed by atoms with Crippen molar-refractivity contribution < 1.29 is 8.42 Å². The Morgan fingerprint density at radius 1 is 1.31 bits per heavy atom. The smallest absolute Gasteiger partial charge is 0.177 e. The Morgan fingerprint density at radius 3 is 2.55 bits per heavy atom. The minimum atomic E-state index is -3.36. The van der Waals surface area contributed by atoms with Gasteiger partial charge in [0.25, 0.3) is 0 Å². The topological polar surface area (TPSA) is 68.1 Å². The predicted molar refractivity (Wildman–Crippen MR) is 116 cm³/mol. The quantitative estimate of drug-likeness (QED) is 0.642. The van der Waals surface area contributed by atoms with Crippen LogP contribution in [0.5, 0.6) is 0 Å². The fourth-order valence-corrected chi connectivity index (χ4v) is 5.16. The van der Waals surface area contributed by atoms with E-state index >= 15 is 0 Å². The summed E-state index contributed by atoms with van der Waals surface area (Å²) in [4.78, 5) is 7.06. The molecule has 1 aliphatic rings. The number of hydrogen-bond acceptors (Lipinski definition) is 5. The minimum Gasteiger partial charge on any atom is -0.299 e. The fourth-order valence-electron chi connectivity index (χ4n) is 4.00. The number of aromatic nitrogens is 3. The molecule has 0 aromatic carbocycles. The summed E-state index contributed by atoms with van der Waals surface area (Å²) in [6.45, 7) is 13.5. The van der Waals surface area contributed by atoms with Crippen LogP contribution in [0.3, 0.4) is 0 Å². The van der Waals surface area contributed by atoms with Crippen molar-refractivity contribution in [2.45, 2.75) is 57.5 Å². The number of piperidine rings is 1. The highest BCUT2D eigenvalue weighted by Crippen LogP contribution is 2.33. The van der Waals surface area contributed by atoms with E-state index in [2.05, 4.69) is 35.4 Å². The monoisotopic (exact) mass is 436 g/mol. The Morgan fingerprint density at radius 2 is 1.97 bits per heavy atom. The van der Waals surface area contributed by atoms with Crippen molar-refractivity contribution in [3.63, 3.8) is 0 Å². The average molecular weight is 437 g/mol. The summed E-state index contributed by atoms with van der Waals surface area (Å²) < 4.78 is 26.4. The summed E-state index contributed by atoms with van der Waals surface area (Å²) >= 11 is 5.99. The van der Waals surface area contributed by atoms with Gasteiger partial charge in [-0.1, -0.05) is 23.8 Å². The number of likely N-dealkylation sites (tertiary alicyclic amines) is 1. The lowest BCUT2D eigenvalue weighted by Gasteiger charge is -2.32. The van der Waals surface area contributed by atoms with Crippen LogP contribution in [0.4, 0.5) is 0 Å². The second-order valence-corrected chi connectivity index (χ2v) is 10.5. The van der Waals surface area contributed by atoms with Gasteiger partial charge in [0.1, 0.15) is 0 Å². The molecule has 8 heteroatoms. The molecule has 0 amide bonds. The van der Waals surface area contributed by atoms with Crippen LogP contribution in [-0.4, -0.2) is 47.4 Å². The van der Waals surface area contributed by atoms with E-state index in [0.29, 0.717) is 10.7 Å². The number of allylic oxidation sites excluding steroid dienone is 1. The van der Waals surface area contributed by atoms with Crippen molar-refractivity contribution in [3.8, 4) is 0 Å². The van der Waals surface area contributed by atoms with E-state index in [-0.39, 0.29) is 10.8 Å². The molecule has 2 aromatic rings. The third-order valence-electron chi connectivity index (χ3n) is 5.55. The first-order chi connectivity index (χ1) is 13.6. The summed E-state index contributed by atoms with van der Waals surface area (Å²) in [6, 6.07) is 1.52. The van der Waals surface area contributed by atoms with Crippen LogP contribution in [0.1, 0.15) is 48.3 Å². The van der Waals surface area contributed by atoms with Crippen molar-refractivity contribution in [2.75, 3.05) is 19.3 Å². The van der Waals surface area contributed by atoms with E-state index < -0.39 is 9.84 Å². The van der Waals surface area contributed by atoms with E-state index in [9.17, 15) is 8.42 Å². The molecule has 1 saturated heterocycles. The molecule has 2 aromatic heterocycles. The third kappa shape index (κ3) is 5.08. The zero-order chi connectivity index (χ0) is 21.3. The van der Waals surface area contributed by atoms with Gasteiger partial charge in [0.05, 0.1) is 27.9 Å². The number of pyridine rings is 1. The van der Waals surface area contributed by atoms with Crippen molar-refractivity contribution >= 4 is 21.4 Å². The molecule has 158 valence electrons. The molecule has 0 bridgehead atoms. The number of nitrogens with zero attached hydrogens (tertiary/aromatic N) is 4. The summed E-state index contributed by atoms with van der Waals surface area (Å²) in [5.41, 5.74) is 5.25. The minimum absolute atomic E-state index is 0.126. The lowest BCUT2D eigenvalue weighted by molar-refractivity contribution is 0.201. The number of aryl methyl sites for hydroxylation is 1. The second kappa shape index (κ2) is 8.58. The summed E-state index contributed by atoms with van der Waals surface area (Å²) in [6.07, 6.45) is 4.50. The average Bonchev–Trinajstić information content (AvgIpc) is 2.88. The standard InChI is InChI=1S/C21H29ClN4O2S/c1-14(2)12-26-16(4)19(15(3)24-26)13-25-8-6-17(7-9-25)21-20(29(5,27)28)10-18(22)11-23-21/h10-11,17H,1,6-9,12-13H2,2-5H3. The van der Waals surface area contributed by atoms with Crippen LogP contribution in [-0.2, 0) is 22.9 Å². The largest absolute Gasteiger partial charge is 0.299 e. The zero-order valence-electron chi connectivity index (χ0n) is 17.6. The lowest BCUT2D eigenvalue weighted by atomic mass is 9.92. The molecular weight excluding hydrogens is 408 g/mol. The van der Waals surface area contributed by atoms with Gasteiger partial charge in [0.15, 0.2) is 9.84 Å². The molecule has 0 spiro atoms. The second-order valence-electron chi connectivity index (χ2n) is 8.12. The Bertz CT molecular complexity index is 1020. The van der Waals surface area contributed by atoms with E-state index in [1.165, 1.54) is 23.6 Å². The predicted octanol–water partition coefficient (Wildman–Crippen LogP) is 3.91. The molecular formula is C21H29ClN4O2S. The number of halogens is 1. The van der Waals surface area contributed by atoms with Gasteiger partial charge in [0.2, 0.25) is 0 Å². The highest BCUT2D eigenvalue weighted by molar-refractivity contribution is 7.90. The number of hydrogen-bond donors (Lipinski definition) is 0. The van der Waals surface area contributed by atoms with Crippen molar-refractivity contribution in [3.05, 3.63) is 52.1 Å². The molecule has 1 aliphatic heterocycles. The molecule has 3 rings (SSSR count). The zero-order valence-corrected chi connectivity index (χ0v) is 19.1. The van der Waals surface area contributed by atoms with Gasteiger partial charge in [0, 0.05) is 36.2 Å². The molecule has 0 saturated carbocycles. The van der Waals surface area contributed by atoms with Crippen LogP contribution in [0, 0.1) is 13.8 Å². The Hall–Kier alpha value is -1.70. The van der Waals surface area contributed by atoms with Crippen LogP contribution in [0.2, 0.25) is 5.02 Å². The first-order valence-corrected chi connectivity index (χ1v) is 12.1. The maximum absolute atomic E-state index is 12.2. The van der Waals surface area contributed by atoms with Gasteiger partial charge in [-0.05, 0) is 52.8 Å². The highest BCUT2D eigenvalue weighted by Gasteiger charge is 2.27. The van der Waals surface area contributed by atoms with E-state index in [0.717, 1.165) is 50.3 Å². The molecule has 0 atom stereocenters. The molecule has 6 nitrogen and oxygen atoms in total. The van der Waals surface area contributed by atoms with Gasteiger partial charge in [-0.3, -0.25) is 14.6 Å². The Labute approximate surface area is 178 Å². The van der Waals surface area contributed by atoms with Gasteiger partial charge in [-0.25, -0.2) is 8.42 Å². The number of rotatable bonds is 6. The normalized spacial score (nSPS) is 16.3. The van der Waals surface area contributed by atoms with Gasteiger partial charge >= 0.3 is 0 Å². The van der Waals surface area contributed by atoms with E-state index in [1.807, 2.05) is 11.6 Å². The van der Waals surface area contributed by atoms with Crippen LogP contribution in [0.25, 0.3) is 0 Å². The Kier molecular flexibility index (Phi) is 6.51. The first-order valence-electron chi connectivity index (χ1n) is 9.81. The summed E-state index contributed by atoms with van der Waals surface area (Å²) in [7, 11) is -3.36. The fraction of sp³-hybridized carbons (Fsp3) is 0.524. The lowest BCUT2D eigenvalue weighted by Crippen LogP contribution is -2.33. The maximum atomic E-state index is 12.2. The highest BCUT2D eigenvalue weighted by atomic mass is 35.5. The maximum Gasteiger partial charge on any atom is 0.177 e. The van der Waals surface area contributed by atoms with E-state index in [4.69, 9.17) is 11.6 Å².